The predicted octanol–water partition coefficient (Wildman–Crippen LogP) is 3.36. The molecule has 0 unspecified atom stereocenters. The van der Waals surface area contributed by atoms with Crippen molar-refractivity contribution in [2.24, 2.45) is 0 Å². The Bertz CT molecular complexity index is 655. The Kier molecular flexibility index (Phi) is 2.34. The van der Waals surface area contributed by atoms with Crippen LogP contribution in [0.3, 0.4) is 0 Å². The van der Waals surface area contributed by atoms with Crippen LogP contribution in [0.1, 0.15) is 5.56 Å². The van der Waals surface area contributed by atoms with Crippen LogP contribution in [0.2, 0.25) is 5.02 Å². The van der Waals surface area contributed by atoms with Crippen LogP contribution in [0.25, 0.3) is 16.9 Å². The second-order valence-corrected chi connectivity index (χ2v) is 4.35. The van der Waals surface area contributed by atoms with Crippen molar-refractivity contribution in [3.05, 3.63) is 53.3 Å². The van der Waals surface area contributed by atoms with E-state index >= 15 is 0 Å². The first-order chi connectivity index (χ1) is 8.24. The largest absolute Gasteiger partial charge is 0.237 e. The van der Waals surface area contributed by atoms with Gasteiger partial charge in [-0.2, -0.15) is 5.10 Å². The molecule has 0 saturated carbocycles. The van der Waals surface area contributed by atoms with E-state index in [1.54, 1.807) is 10.7 Å². The molecule has 0 N–H and O–H groups in total. The van der Waals surface area contributed by atoms with E-state index in [9.17, 15) is 0 Å². The van der Waals surface area contributed by atoms with Gasteiger partial charge in [-0.3, -0.25) is 0 Å². The maximum absolute atomic E-state index is 6.02. The lowest BCUT2D eigenvalue weighted by Crippen LogP contribution is -1.88. The van der Waals surface area contributed by atoms with Gasteiger partial charge in [0, 0.05) is 29.0 Å². The van der Waals surface area contributed by atoms with Crippen molar-refractivity contribution in [1.29, 1.82) is 0 Å². The first-order valence-corrected chi connectivity index (χ1v) is 5.69. The van der Waals surface area contributed by atoms with Gasteiger partial charge in [0.05, 0.1) is 5.69 Å². The minimum absolute atomic E-state index is 0.718. The van der Waals surface area contributed by atoms with Gasteiger partial charge in [0.1, 0.15) is 0 Å². The van der Waals surface area contributed by atoms with Gasteiger partial charge in [0.15, 0.2) is 5.65 Å². The number of hydrogen-bond acceptors (Lipinski definition) is 2. The summed E-state index contributed by atoms with van der Waals surface area (Å²) in [6, 6.07) is 9.62. The fraction of sp³-hybridized carbons (Fsp3) is 0.0769. The van der Waals surface area contributed by atoms with Crippen LogP contribution in [0.4, 0.5) is 0 Å². The first-order valence-electron chi connectivity index (χ1n) is 5.31. The van der Waals surface area contributed by atoms with Crippen molar-refractivity contribution in [2.45, 2.75) is 6.92 Å². The molecule has 0 atom stereocenters. The van der Waals surface area contributed by atoms with Crippen molar-refractivity contribution >= 4 is 17.2 Å². The highest BCUT2D eigenvalue weighted by Crippen LogP contribution is 2.25. The van der Waals surface area contributed by atoms with Crippen LogP contribution >= 0.6 is 11.6 Å². The summed E-state index contributed by atoms with van der Waals surface area (Å²) in [5.74, 6) is 0. The van der Waals surface area contributed by atoms with Crippen molar-refractivity contribution in [3.8, 4) is 11.3 Å². The van der Waals surface area contributed by atoms with Crippen LogP contribution in [0, 0.1) is 6.92 Å². The maximum atomic E-state index is 6.02. The summed E-state index contributed by atoms with van der Waals surface area (Å²) in [6.45, 7) is 2.04. The highest BCUT2D eigenvalue weighted by molar-refractivity contribution is 6.30. The van der Waals surface area contributed by atoms with E-state index in [1.807, 2.05) is 43.5 Å². The minimum Gasteiger partial charge on any atom is -0.237 e. The average molecular weight is 244 g/mol. The lowest BCUT2D eigenvalue weighted by atomic mass is 10.1. The smallest absolute Gasteiger partial charge is 0.155 e. The highest BCUT2D eigenvalue weighted by Gasteiger charge is 2.07. The average Bonchev–Trinajstić information content (AvgIpc) is 2.75. The van der Waals surface area contributed by atoms with E-state index in [0.717, 1.165) is 27.5 Å². The third kappa shape index (κ3) is 1.78. The topological polar surface area (TPSA) is 30.2 Å². The third-order valence-electron chi connectivity index (χ3n) is 2.71. The summed E-state index contributed by atoms with van der Waals surface area (Å²) in [5, 5.41) is 5.20. The van der Waals surface area contributed by atoms with Gasteiger partial charge in [-0.25, -0.2) is 9.50 Å². The van der Waals surface area contributed by atoms with E-state index in [4.69, 9.17) is 11.6 Å². The lowest BCUT2D eigenvalue weighted by Gasteiger charge is -2.02. The molecule has 0 bridgehead atoms. The fourth-order valence-electron chi connectivity index (χ4n) is 1.83. The summed E-state index contributed by atoms with van der Waals surface area (Å²) < 4.78 is 1.76. The van der Waals surface area contributed by atoms with Crippen LogP contribution in [0.15, 0.2) is 42.7 Å². The van der Waals surface area contributed by atoms with Gasteiger partial charge in [0.2, 0.25) is 0 Å². The Labute approximate surface area is 104 Å². The molecule has 0 spiro atoms. The van der Waals surface area contributed by atoms with Crippen molar-refractivity contribution in [2.75, 3.05) is 0 Å². The van der Waals surface area contributed by atoms with Crippen LogP contribution < -0.4 is 0 Å². The number of halogens is 1. The molecule has 2 aromatic heterocycles. The van der Waals surface area contributed by atoms with Gasteiger partial charge in [0.25, 0.3) is 0 Å². The third-order valence-corrected chi connectivity index (χ3v) is 2.95. The van der Waals surface area contributed by atoms with E-state index < -0.39 is 0 Å². The second-order valence-electron chi connectivity index (χ2n) is 3.91. The standard InChI is InChI=1S/C13H10ClN3/c1-9-3-4-10(14)7-11(9)12-8-13-15-5-2-6-17(13)16-12/h2-8H,1H3. The van der Waals surface area contributed by atoms with E-state index in [1.165, 1.54) is 0 Å². The molecule has 0 amide bonds. The van der Waals surface area contributed by atoms with Gasteiger partial charge in [-0.1, -0.05) is 17.7 Å². The van der Waals surface area contributed by atoms with Crippen molar-refractivity contribution < 1.29 is 0 Å². The fourth-order valence-corrected chi connectivity index (χ4v) is 2.00. The molecule has 0 saturated heterocycles. The summed E-state index contributed by atoms with van der Waals surface area (Å²) in [5.41, 5.74) is 3.92. The maximum Gasteiger partial charge on any atom is 0.155 e. The zero-order valence-electron chi connectivity index (χ0n) is 9.26. The Morgan fingerprint density at radius 1 is 1.24 bits per heavy atom. The molecule has 17 heavy (non-hydrogen) atoms. The van der Waals surface area contributed by atoms with Crippen LogP contribution in [-0.4, -0.2) is 14.6 Å². The van der Waals surface area contributed by atoms with Crippen molar-refractivity contribution in [1.82, 2.24) is 14.6 Å². The lowest BCUT2D eigenvalue weighted by molar-refractivity contribution is 0.943. The molecule has 0 aliphatic carbocycles. The monoisotopic (exact) mass is 243 g/mol. The summed E-state index contributed by atoms with van der Waals surface area (Å²) in [6.07, 6.45) is 3.64. The molecule has 0 radical (unpaired) electrons. The van der Waals surface area contributed by atoms with Gasteiger partial charge < -0.3 is 0 Å². The molecule has 0 aliphatic rings. The molecular weight excluding hydrogens is 234 g/mol. The Morgan fingerprint density at radius 3 is 2.94 bits per heavy atom. The number of fused-ring (bicyclic) bond motifs is 1. The predicted molar refractivity (Wildman–Crippen MR) is 68.2 cm³/mol. The number of aromatic nitrogens is 3. The number of benzene rings is 1. The summed E-state index contributed by atoms with van der Waals surface area (Å²) in [4.78, 5) is 4.25. The second kappa shape index (κ2) is 3.86. The quantitative estimate of drug-likeness (QED) is 0.656. The molecule has 4 heteroatoms. The molecule has 0 aliphatic heterocycles. The Balaban J connectivity index is 2.23. The van der Waals surface area contributed by atoms with Gasteiger partial charge in [-0.15, -0.1) is 0 Å². The van der Waals surface area contributed by atoms with Crippen LogP contribution in [0.5, 0.6) is 0 Å². The normalized spacial score (nSPS) is 10.9. The van der Waals surface area contributed by atoms with Crippen molar-refractivity contribution in [3.63, 3.8) is 0 Å². The summed E-state index contributed by atoms with van der Waals surface area (Å²) >= 11 is 6.02. The molecule has 2 heterocycles. The van der Waals surface area contributed by atoms with E-state index in [2.05, 4.69) is 10.1 Å². The highest BCUT2D eigenvalue weighted by atomic mass is 35.5. The SMILES string of the molecule is Cc1ccc(Cl)cc1-c1cc2ncccn2n1. The molecule has 3 aromatic rings. The molecule has 0 fully saturated rings. The molecular formula is C13H10ClN3. The Morgan fingerprint density at radius 2 is 2.12 bits per heavy atom. The number of hydrogen-bond donors (Lipinski definition) is 0. The van der Waals surface area contributed by atoms with Crippen LogP contribution in [-0.2, 0) is 0 Å². The molecule has 1 aromatic carbocycles. The zero-order valence-corrected chi connectivity index (χ0v) is 10.0. The van der Waals surface area contributed by atoms with E-state index in [-0.39, 0.29) is 0 Å². The zero-order chi connectivity index (χ0) is 11.8. The minimum atomic E-state index is 0.718. The van der Waals surface area contributed by atoms with Gasteiger partial charge >= 0.3 is 0 Å². The number of rotatable bonds is 1. The van der Waals surface area contributed by atoms with Gasteiger partial charge in [-0.05, 0) is 30.7 Å². The van der Waals surface area contributed by atoms with E-state index in [0.29, 0.717) is 0 Å². The Hall–Kier alpha value is -1.87. The first kappa shape index (κ1) is 10.3. The molecule has 3 nitrogen and oxygen atoms in total. The summed E-state index contributed by atoms with van der Waals surface area (Å²) in [7, 11) is 0. The number of aryl methyl sites for hydroxylation is 1. The molecule has 3 rings (SSSR count). The number of nitrogens with zero attached hydrogens (tertiary/aromatic N) is 3. The molecule has 84 valence electrons.